The zero-order valence-electron chi connectivity index (χ0n) is 12.5. The number of pyridine rings is 1. The van der Waals surface area contributed by atoms with Gasteiger partial charge in [-0.15, -0.1) is 5.10 Å². The van der Waals surface area contributed by atoms with Crippen molar-refractivity contribution in [3.8, 4) is 0 Å². The molecule has 0 saturated heterocycles. The van der Waals surface area contributed by atoms with Crippen LogP contribution in [0.15, 0.2) is 18.3 Å². The fraction of sp³-hybridized carbons (Fsp3) is 0.600. The van der Waals surface area contributed by atoms with Gasteiger partial charge in [0.05, 0.1) is 0 Å². The lowest BCUT2D eigenvalue weighted by Gasteiger charge is -2.03. The van der Waals surface area contributed by atoms with Gasteiger partial charge >= 0.3 is 5.97 Å². The molecule has 2 aromatic rings. The molecule has 0 N–H and O–H groups in total. The molecule has 0 atom stereocenters. The largest absolute Gasteiger partial charge is 0.335 e. The Morgan fingerprint density at radius 1 is 1.19 bits per heavy atom. The van der Waals surface area contributed by atoms with Gasteiger partial charge in [-0.2, -0.15) is 0 Å². The van der Waals surface area contributed by atoms with Crippen LogP contribution in [-0.2, 0) is 4.79 Å². The first-order chi connectivity index (χ1) is 10.3. The second-order valence-corrected chi connectivity index (χ2v) is 5.14. The standard InChI is InChI=1S/C15H22N4O2/c1-2-3-4-5-6-7-8-11-14(20)21-19-15-13(17-18-19)10-9-12-16-15/h9-10,12H,2-8,11H2,1H3. The van der Waals surface area contributed by atoms with Crippen LogP contribution in [0.25, 0.3) is 11.2 Å². The summed E-state index contributed by atoms with van der Waals surface area (Å²) < 4.78 is 0. The van der Waals surface area contributed by atoms with Gasteiger partial charge in [0.2, 0.25) is 5.65 Å². The van der Waals surface area contributed by atoms with Gasteiger partial charge in [0, 0.05) is 12.6 Å². The smallest absolute Gasteiger partial charge is 0.316 e. The van der Waals surface area contributed by atoms with E-state index in [0.29, 0.717) is 17.6 Å². The number of carbonyl (C=O) groups is 1. The molecule has 0 bridgehead atoms. The first-order valence-corrected chi connectivity index (χ1v) is 7.69. The molecule has 114 valence electrons. The van der Waals surface area contributed by atoms with Gasteiger partial charge in [0.15, 0.2) is 0 Å². The lowest BCUT2D eigenvalue weighted by Crippen LogP contribution is -2.21. The fourth-order valence-corrected chi connectivity index (χ4v) is 2.18. The van der Waals surface area contributed by atoms with Crippen LogP contribution in [0.1, 0.15) is 58.3 Å². The summed E-state index contributed by atoms with van der Waals surface area (Å²) in [4.78, 5) is 22.1. The van der Waals surface area contributed by atoms with E-state index in [1.54, 1.807) is 18.3 Å². The Kier molecular flexibility index (Phi) is 6.12. The van der Waals surface area contributed by atoms with Crippen molar-refractivity contribution in [3.63, 3.8) is 0 Å². The third-order valence-electron chi connectivity index (χ3n) is 3.35. The number of hydrogen-bond acceptors (Lipinski definition) is 5. The van der Waals surface area contributed by atoms with Gasteiger partial charge in [-0.3, -0.25) is 0 Å². The lowest BCUT2D eigenvalue weighted by molar-refractivity contribution is -0.145. The molecule has 6 nitrogen and oxygen atoms in total. The fourth-order valence-electron chi connectivity index (χ4n) is 2.18. The molecule has 0 saturated carbocycles. The van der Waals surface area contributed by atoms with Crippen molar-refractivity contribution < 1.29 is 9.63 Å². The van der Waals surface area contributed by atoms with Gasteiger partial charge in [-0.25, -0.2) is 9.78 Å². The molecule has 0 aliphatic rings. The van der Waals surface area contributed by atoms with Crippen molar-refractivity contribution in [1.82, 2.24) is 20.1 Å². The first kappa shape index (κ1) is 15.4. The molecule has 0 spiro atoms. The Bertz CT molecular complexity index is 568. The Labute approximate surface area is 124 Å². The molecule has 0 unspecified atom stereocenters. The summed E-state index contributed by atoms with van der Waals surface area (Å²) in [5, 5.41) is 7.66. The highest BCUT2D eigenvalue weighted by Gasteiger charge is 2.10. The number of carbonyl (C=O) groups excluding carboxylic acids is 1. The number of aromatic nitrogens is 4. The van der Waals surface area contributed by atoms with E-state index in [1.165, 1.54) is 32.1 Å². The Morgan fingerprint density at radius 3 is 2.76 bits per heavy atom. The van der Waals surface area contributed by atoms with E-state index < -0.39 is 0 Å². The summed E-state index contributed by atoms with van der Waals surface area (Å²) in [6, 6.07) is 3.54. The molecule has 2 aromatic heterocycles. The lowest BCUT2D eigenvalue weighted by atomic mass is 10.1. The van der Waals surface area contributed by atoms with E-state index in [2.05, 4.69) is 22.2 Å². The molecule has 0 amide bonds. The van der Waals surface area contributed by atoms with Crippen LogP contribution in [0.3, 0.4) is 0 Å². The molecular formula is C15H22N4O2. The maximum atomic E-state index is 11.8. The minimum absolute atomic E-state index is 0.291. The Balaban J connectivity index is 1.68. The summed E-state index contributed by atoms with van der Waals surface area (Å²) in [5.41, 5.74) is 1.08. The summed E-state index contributed by atoms with van der Waals surface area (Å²) in [7, 11) is 0. The topological polar surface area (TPSA) is 69.9 Å². The Morgan fingerprint density at radius 2 is 1.95 bits per heavy atom. The molecule has 2 heterocycles. The average molecular weight is 290 g/mol. The summed E-state index contributed by atoms with van der Waals surface area (Å²) in [6.45, 7) is 2.21. The highest BCUT2D eigenvalue weighted by molar-refractivity contribution is 5.72. The van der Waals surface area contributed by atoms with Crippen molar-refractivity contribution in [2.24, 2.45) is 0 Å². The minimum atomic E-state index is -0.291. The number of rotatable bonds is 9. The highest BCUT2D eigenvalue weighted by atomic mass is 16.7. The quantitative estimate of drug-likeness (QED) is 0.524. The van der Waals surface area contributed by atoms with E-state index >= 15 is 0 Å². The van der Waals surface area contributed by atoms with Gasteiger partial charge < -0.3 is 4.84 Å². The van der Waals surface area contributed by atoms with Gasteiger partial charge in [0.25, 0.3) is 0 Å². The molecule has 0 aliphatic carbocycles. The van der Waals surface area contributed by atoms with Crippen LogP contribution in [-0.4, -0.2) is 26.1 Å². The molecule has 21 heavy (non-hydrogen) atoms. The van der Waals surface area contributed by atoms with E-state index in [4.69, 9.17) is 4.84 Å². The van der Waals surface area contributed by atoms with Crippen LogP contribution in [0.4, 0.5) is 0 Å². The van der Waals surface area contributed by atoms with Crippen molar-refractivity contribution in [1.29, 1.82) is 0 Å². The number of nitrogens with zero attached hydrogens (tertiary/aromatic N) is 4. The minimum Gasteiger partial charge on any atom is -0.316 e. The zero-order chi connectivity index (χ0) is 14.9. The number of unbranched alkanes of at least 4 members (excludes halogenated alkanes) is 6. The third-order valence-corrected chi connectivity index (χ3v) is 3.35. The SMILES string of the molecule is CCCCCCCCCC(=O)On1nnc2cccnc21. The first-order valence-electron chi connectivity index (χ1n) is 7.69. The predicted octanol–water partition coefficient (Wildman–Crippen LogP) is 2.92. The molecule has 6 heteroatoms. The summed E-state index contributed by atoms with van der Waals surface area (Å²) in [6.07, 6.45) is 10.2. The van der Waals surface area contributed by atoms with Crippen molar-refractivity contribution in [2.75, 3.05) is 0 Å². The molecule has 0 radical (unpaired) electrons. The second kappa shape index (κ2) is 8.34. The van der Waals surface area contributed by atoms with E-state index in [-0.39, 0.29) is 5.97 Å². The molecule has 0 aromatic carbocycles. The zero-order valence-corrected chi connectivity index (χ0v) is 12.5. The normalized spacial score (nSPS) is 10.9. The van der Waals surface area contributed by atoms with Crippen LogP contribution in [0.5, 0.6) is 0 Å². The molecule has 0 aliphatic heterocycles. The van der Waals surface area contributed by atoms with Crippen molar-refractivity contribution >= 4 is 17.1 Å². The Hall–Kier alpha value is -1.98. The number of hydrogen-bond donors (Lipinski definition) is 0. The third kappa shape index (κ3) is 4.81. The molecular weight excluding hydrogens is 268 g/mol. The maximum absolute atomic E-state index is 11.8. The monoisotopic (exact) mass is 290 g/mol. The van der Waals surface area contributed by atoms with E-state index in [1.807, 2.05) is 0 Å². The van der Waals surface area contributed by atoms with Crippen molar-refractivity contribution in [2.45, 2.75) is 58.3 Å². The van der Waals surface area contributed by atoms with Crippen LogP contribution < -0.4 is 4.84 Å². The van der Waals surface area contributed by atoms with Crippen LogP contribution in [0.2, 0.25) is 0 Å². The van der Waals surface area contributed by atoms with E-state index in [0.717, 1.165) is 17.7 Å². The second-order valence-electron chi connectivity index (χ2n) is 5.14. The average Bonchev–Trinajstić information content (AvgIpc) is 2.90. The molecule has 2 rings (SSSR count). The molecule has 0 fully saturated rings. The highest BCUT2D eigenvalue weighted by Crippen LogP contribution is 2.09. The summed E-state index contributed by atoms with van der Waals surface area (Å²) >= 11 is 0. The summed E-state index contributed by atoms with van der Waals surface area (Å²) in [5.74, 6) is -0.291. The van der Waals surface area contributed by atoms with Crippen molar-refractivity contribution in [3.05, 3.63) is 18.3 Å². The maximum Gasteiger partial charge on any atom is 0.335 e. The van der Waals surface area contributed by atoms with E-state index in [9.17, 15) is 4.79 Å². The van der Waals surface area contributed by atoms with Crippen LogP contribution >= 0.6 is 0 Å². The predicted molar refractivity (Wildman–Crippen MR) is 79.5 cm³/mol. The van der Waals surface area contributed by atoms with Gasteiger partial charge in [-0.05, 0) is 28.6 Å². The number of fused-ring (bicyclic) bond motifs is 1. The van der Waals surface area contributed by atoms with Crippen LogP contribution in [0, 0.1) is 0 Å². The van der Waals surface area contributed by atoms with Gasteiger partial charge in [-0.1, -0.05) is 45.4 Å². The van der Waals surface area contributed by atoms with Gasteiger partial charge in [0.1, 0.15) is 5.52 Å².